The smallest absolute Gasteiger partial charge is 0.0649 e. The Morgan fingerprint density at radius 3 is 2.75 bits per heavy atom. The van der Waals surface area contributed by atoms with Crippen molar-refractivity contribution in [3.63, 3.8) is 0 Å². The summed E-state index contributed by atoms with van der Waals surface area (Å²) in [6.45, 7) is 2.06. The highest BCUT2D eigenvalue weighted by molar-refractivity contribution is 9.10. The van der Waals surface area contributed by atoms with Crippen molar-refractivity contribution in [1.29, 1.82) is 0 Å². The summed E-state index contributed by atoms with van der Waals surface area (Å²) in [5.74, 6) is 6.01. The van der Waals surface area contributed by atoms with Crippen molar-refractivity contribution < 1.29 is 0 Å². The maximum Gasteiger partial charge on any atom is 0.0649 e. The summed E-state index contributed by atoms with van der Waals surface area (Å²) in [6, 6.07) is 6.10. The minimum Gasteiger partial charge on any atom is -0.0863 e. The van der Waals surface area contributed by atoms with Crippen LogP contribution < -0.4 is 0 Å². The second-order valence-corrected chi connectivity index (χ2v) is 3.81. The standard InChI is InChI=1S/C10H8Br2/c1-8-7-9(3-2-6-11)4-5-10(8)12/h4-5,7H,6H2,1H3. The predicted octanol–water partition coefficient (Wildman–Crippen LogP) is 3.50. The lowest BCUT2D eigenvalue weighted by molar-refractivity contribution is 1.42. The molecule has 12 heavy (non-hydrogen) atoms. The van der Waals surface area contributed by atoms with Crippen molar-refractivity contribution in [2.45, 2.75) is 6.92 Å². The van der Waals surface area contributed by atoms with E-state index in [9.17, 15) is 0 Å². The molecule has 0 aliphatic carbocycles. The zero-order chi connectivity index (χ0) is 8.97. The van der Waals surface area contributed by atoms with E-state index < -0.39 is 0 Å². The summed E-state index contributed by atoms with van der Waals surface area (Å²) in [5, 5.41) is 0.724. The van der Waals surface area contributed by atoms with Crippen LogP contribution >= 0.6 is 31.9 Å². The van der Waals surface area contributed by atoms with Gasteiger partial charge < -0.3 is 0 Å². The van der Waals surface area contributed by atoms with Crippen molar-refractivity contribution in [1.82, 2.24) is 0 Å². The molecule has 0 unspecified atom stereocenters. The summed E-state index contributed by atoms with van der Waals surface area (Å²) < 4.78 is 1.13. The number of benzene rings is 1. The molecular weight excluding hydrogens is 280 g/mol. The second kappa shape index (κ2) is 4.69. The molecule has 0 N–H and O–H groups in total. The van der Waals surface area contributed by atoms with E-state index in [0.29, 0.717) is 0 Å². The first-order valence-electron chi connectivity index (χ1n) is 3.55. The first kappa shape index (κ1) is 9.83. The highest BCUT2D eigenvalue weighted by atomic mass is 79.9. The van der Waals surface area contributed by atoms with Crippen LogP contribution in [0, 0.1) is 18.8 Å². The Hall–Kier alpha value is -0.260. The topological polar surface area (TPSA) is 0 Å². The fraction of sp³-hybridized carbons (Fsp3) is 0.200. The fourth-order valence-corrected chi connectivity index (χ4v) is 1.24. The molecule has 0 aliphatic heterocycles. The van der Waals surface area contributed by atoms with Crippen molar-refractivity contribution in [3.8, 4) is 11.8 Å². The van der Waals surface area contributed by atoms with Gasteiger partial charge in [-0.05, 0) is 30.7 Å². The van der Waals surface area contributed by atoms with Crippen molar-refractivity contribution in [2.75, 3.05) is 5.33 Å². The monoisotopic (exact) mass is 286 g/mol. The Balaban J connectivity index is 2.97. The second-order valence-electron chi connectivity index (χ2n) is 2.40. The van der Waals surface area contributed by atoms with Crippen LogP contribution in [-0.4, -0.2) is 5.33 Å². The third kappa shape index (κ3) is 2.66. The molecule has 0 amide bonds. The lowest BCUT2D eigenvalue weighted by atomic mass is 10.1. The molecule has 1 rings (SSSR count). The molecule has 0 atom stereocenters. The zero-order valence-corrected chi connectivity index (χ0v) is 9.87. The summed E-state index contributed by atoms with van der Waals surface area (Å²) >= 11 is 6.70. The van der Waals surface area contributed by atoms with E-state index in [2.05, 4.69) is 56.7 Å². The van der Waals surface area contributed by atoms with E-state index in [1.165, 1.54) is 5.56 Å². The normalized spacial score (nSPS) is 8.92. The van der Waals surface area contributed by atoms with Crippen LogP contribution in [0.3, 0.4) is 0 Å². The fourth-order valence-electron chi connectivity index (χ4n) is 0.858. The molecule has 0 saturated carbocycles. The molecule has 0 saturated heterocycles. The molecule has 0 nitrogen and oxygen atoms in total. The van der Waals surface area contributed by atoms with E-state index >= 15 is 0 Å². The molecule has 0 bridgehead atoms. The summed E-state index contributed by atoms with van der Waals surface area (Å²) in [4.78, 5) is 0. The number of aryl methyl sites for hydroxylation is 1. The molecule has 1 aromatic rings. The highest BCUT2D eigenvalue weighted by Gasteiger charge is 1.93. The van der Waals surface area contributed by atoms with E-state index in [1.54, 1.807) is 0 Å². The van der Waals surface area contributed by atoms with Gasteiger partial charge in [0.1, 0.15) is 0 Å². The molecule has 0 aliphatic rings. The third-order valence-electron chi connectivity index (χ3n) is 1.46. The quantitative estimate of drug-likeness (QED) is 0.506. The zero-order valence-electron chi connectivity index (χ0n) is 6.70. The van der Waals surface area contributed by atoms with Crippen molar-refractivity contribution >= 4 is 31.9 Å². The number of hydrogen-bond donors (Lipinski definition) is 0. The van der Waals surface area contributed by atoms with E-state index in [1.807, 2.05) is 12.1 Å². The molecule has 0 aromatic heterocycles. The van der Waals surface area contributed by atoms with Crippen LogP contribution in [-0.2, 0) is 0 Å². The SMILES string of the molecule is Cc1cc(C#CCBr)ccc1Br. The third-order valence-corrected chi connectivity index (χ3v) is 2.63. The first-order chi connectivity index (χ1) is 5.74. The van der Waals surface area contributed by atoms with Crippen LogP contribution in [0.15, 0.2) is 22.7 Å². The number of alkyl halides is 1. The number of rotatable bonds is 0. The average molecular weight is 288 g/mol. The van der Waals surface area contributed by atoms with Crippen LogP contribution in [0.5, 0.6) is 0 Å². The predicted molar refractivity (Wildman–Crippen MR) is 59.6 cm³/mol. The van der Waals surface area contributed by atoms with Gasteiger partial charge in [-0.15, -0.1) is 0 Å². The summed E-state index contributed by atoms with van der Waals surface area (Å²) in [5.41, 5.74) is 2.28. The van der Waals surface area contributed by atoms with E-state index in [0.717, 1.165) is 15.4 Å². The van der Waals surface area contributed by atoms with Gasteiger partial charge in [0.2, 0.25) is 0 Å². The van der Waals surface area contributed by atoms with Crippen LogP contribution in [0.1, 0.15) is 11.1 Å². The molecule has 1 aromatic carbocycles. The van der Waals surface area contributed by atoms with E-state index in [-0.39, 0.29) is 0 Å². The Kier molecular flexibility index (Phi) is 3.84. The summed E-state index contributed by atoms with van der Waals surface area (Å²) in [6.07, 6.45) is 0. The Bertz CT molecular complexity index is 331. The Morgan fingerprint density at radius 2 is 2.17 bits per heavy atom. The van der Waals surface area contributed by atoms with Gasteiger partial charge in [0.05, 0.1) is 5.33 Å². The van der Waals surface area contributed by atoms with Gasteiger partial charge in [-0.2, -0.15) is 0 Å². The lowest BCUT2D eigenvalue weighted by Gasteiger charge is -1.96. The largest absolute Gasteiger partial charge is 0.0863 e. The summed E-state index contributed by atoms with van der Waals surface area (Å²) in [7, 11) is 0. The highest BCUT2D eigenvalue weighted by Crippen LogP contribution is 2.16. The van der Waals surface area contributed by atoms with Gasteiger partial charge in [0, 0.05) is 10.0 Å². The molecule has 62 valence electrons. The van der Waals surface area contributed by atoms with Gasteiger partial charge >= 0.3 is 0 Å². The molecule has 0 spiro atoms. The molecule has 0 radical (unpaired) electrons. The van der Waals surface area contributed by atoms with Crippen molar-refractivity contribution in [2.24, 2.45) is 0 Å². The molecule has 0 fully saturated rings. The molecule has 0 heterocycles. The molecular formula is C10H8Br2. The van der Waals surface area contributed by atoms with Gasteiger partial charge in [0.15, 0.2) is 0 Å². The Labute approximate surface area is 89.6 Å². The minimum atomic E-state index is 0.724. The van der Waals surface area contributed by atoms with Crippen LogP contribution in [0.25, 0.3) is 0 Å². The van der Waals surface area contributed by atoms with Gasteiger partial charge in [-0.3, -0.25) is 0 Å². The number of halogens is 2. The maximum absolute atomic E-state index is 3.44. The minimum absolute atomic E-state index is 0.724. The lowest BCUT2D eigenvalue weighted by Crippen LogP contribution is -1.79. The van der Waals surface area contributed by atoms with Crippen LogP contribution in [0.4, 0.5) is 0 Å². The first-order valence-corrected chi connectivity index (χ1v) is 5.46. The maximum atomic E-state index is 3.44. The number of hydrogen-bond acceptors (Lipinski definition) is 0. The van der Waals surface area contributed by atoms with Gasteiger partial charge in [-0.1, -0.05) is 43.7 Å². The van der Waals surface area contributed by atoms with Gasteiger partial charge in [-0.25, -0.2) is 0 Å². The Morgan fingerprint density at radius 1 is 1.42 bits per heavy atom. The molecule has 2 heteroatoms. The average Bonchev–Trinajstić information content (AvgIpc) is 2.07. The van der Waals surface area contributed by atoms with Crippen LogP contribution in [0.2, 0.25) is 0 Å². The van der Waals surface area contributed by atoms with Gasteiger partial charge in [0.25, 0.3) is 0 Å². The van der Waals surface area contributed by atoms with E-state index in [4.69, 9.17) is 0 Å². The van der Waals surface area contributed by atoms with Crippen molar-refractivity contribution in [3.05, 3.63) is 33.8 Å².